The maximum absolute atomic E-state index is 12.2. The molecule has 5 nitrogen and oxygen atoms in total. The van der Waals surface area contributed by atoms with Crippen LogP contribution in [-0.2, 0) is 10.0 Å². The smallest absolute Gasteiger partial charge is 0.238 e. The molecule has 0 bridgehead atoms. The second-order valence-corrected chi connectivity index (χ2v) is 7.32. The van der Waals surface area contributed by atoms with Gasteiger partial charge in [-0.1, -0.05) is 0 Å². The van der Waals surface area contributed by atoms with E-state index in [1.165, 1.54) is 4.31 Å². The van der Waals surface area contributed by atoms with E-state index in [1.54, 1.807) is 26.1 Å². The van der Waals surface area contributed by atoms with Crippen LogP contribution in [0.5, 0.6) is 5.88 Å². The minimum Gasteiger partial charge on any atom is -0.474 e. The molecular weight excluding hydrogens is 308 g/mol. The van der Waals surface area contributed by atoms with Gasteiger partial charge >= 0.3 is 0 Å². The van der Waals surface area contributed by atoms with E-state index in [2.05, 4.69) is 20.9 Å². The van der Waals surface area contributed by atoms with Crippen LogP contribution in [0.25, 0.3) is 0 Å². The van der Waals surface area contributed by atoms with Crippen molar-refractivity contribution in [1.82, 2.24) is 4.98 Å². The number of nitrogens with zero attached hydrogens (tertiary/aromatic N) is 2. The highest BCUT2D eigenvalue weighted by atomic mass is 79.9. The number of pyridine rings is 1. The predicted octanol–water partition coefficient (Wildman–Crippen LogP) is 1.78. The lowest BCUT2D eigenvalue weighted by Crippen LogP contribution is -2.41. The molecule has 0 saturated heterocycles. The van der Waals surface area contributed by atoms with Crippen molar-refractivity contribution in [3.63, 3.8) is 0 Å². The molecule has 94 valence electrons. The number of anilines is 1. The Morgan fingerprint density at radius 3 is 2.88 bits per heavy atom. The van der Waals surface area contributed by atoms with Crippen molar-refractivity contribution in [1.29, 1.82) is 0 Å². The average Bonchev–Trinajstić information content (AvgIpc) is 2.27. The molecule has 0 saturated carbocycles. The fourth-order valence-corrected chi connectivity index (χ4v) is 3.13. The summed E-state index contributed by atoms with van der Waals surface area (Å²) in [6.07, 6.45) is 1.59. The van der Waals surface area contributed by atoms with E-state index in [1.807, 2.05) is 0 Å². The van der Waals surface area contributed by atoms with Crippen molar-refractivity contribution in [3.05, 3.63) is 16.7 Å². The number of sulfonamides is 1. The van der Waals surface area contributed by atoms with Crippen LogP contribution in [-0.4, -0.2) is 31.8 Å². The molecule has 0 aliphatic carbocycles. The molecule has 0 unspecified atom stereocenters. The number of rotatable bonds is 2. The summed E-state index contributed by atoms with van der Waals surface area (Å²) in [4.78, 5) is 4.07. The van der Waals surface area contributed by atoms with E-state index in [9.17, 15) is 8.42 Å². The maximum Gasteiger partial charge on any atom is 0.238 e. The zero-order chi connectivity index (χ0) is 12.6. The Labute approximate surface area is 109 Å². The molecule has 7 heteroatoms. The van der Waals surface area contributed by atoms with Crippen LogP contribution in [0.1, 0.15) is 13.8 Å². The number of fused-ring (bicyclic) bond motifs is 1. The third-order valence-corrected chi connectivity index (χ3v) is 5.12. The van der Waals surface area contributed by atoms with E-state index in [0.29, 0.717) is 24.7 Å². The number of hydrogen-bond donors (Lipinski definition) is 0. The monoisotopic (exact) mass is 320 g/mol. The van der Waals surface area contributed by atoms with Crippen molar-refractivity contribution in [3.8, 4) is 5.88 Å². The van der Waals surface area contributed by atoms with E-state index < -0.39 is 15.3 Å². The normalized spacial score (nSPS) is 15.6. The van der Waals surface area contributed by atoms with Crippen LogP contribution >= 0.6 is 15.9 Å². The lowest BCUT2D eigenvalue weighted by molar-refractivity contribution is 0.303. The zero-order valence-corrected chi connectivity index (χ0v) is 12.0. The Kier molecular flexibility index (Phi) is 3.31. The number of aromatic nitrogens is 1. The molecule has 0 spiro atoms. The number of ether oxygens (including phenoxy) is 1. The molecule has 1 aliphatic heterocycles. The molecule has 1 aromatic rings. The van der Waals surface area contributed by atoms with E-state index in [-0.39, 0.29) is 0 Å². The molecular formula is C10H13BrN2O3S. The lowest BCUT2D eigenvalue weighted by Gasteiger charge is -2.31. The Hall–Kier alpha value is -0.820. The van der Waals surface area contributed by atoms with Gasteiger partial charge in [0.05, 0.1) is 11.8 Å². The first-order valence-corrected chi connectivity index (χ1v) is 7.52. The maximum atomic E-state index is 12.2. The zero-order valence-electron chi connectivity index (χ0n) is 9.55. The van der Waals surface area contributed by atoms with Gasteiger partial charge in [-0.05, 0) is 35.8 Å². The predicted molar refractivity (Wildman–Crippen MR) is 68.8 cm³/mol. The van der Waals surface area contributed by atoms with Crippen molar-refractivity contribution in [2.24, 2.45) is 0 Å². The average molecular weight is 321 g/mol. The molecule has 17 heavy (non-hydrogen) atoms. The molecule has 2 heterocycles. The minimum absolute atomic E-state index is 0.325. The van der Waals surface area contributed by atoms with Gasteiger partial charge in [0.1, 0.15) is 12.3 Å². The third-order valence-electron chi connectivity index (χ3n) is 2.50. The molecule has 0 atom stereocenters. The van der Waals surface area contributed by atoms with Gasteiger partial charge in [-0.15, -0.1) is 0 Å². The number of hydrogen-bond acceptors (Lipinski definition) is 4. The van der Waals surface area contributed by atoms with Gasteiger partial charge < -0.3 is 4.74 Å². The Morgan fingerprint density at radius 2 is 2.24 bits per heavy atom. The number of halogens is 1. The van der Waals surface area contributed by atoms with Crippen LogP contribution in [0.4, 0.5) is 5.69 Å². The van der Waals surface area contributed by atoms with Gasteiger partial charge in [-0.3, -0.25) is 4.31 Å². The van der Waals surface area contributed by atoms with Crippen molar-refractivity contribution >= 4 is 31.6 Å². The molecule has 1 aliphatic rings. The summed E-state index contributed by atoms with van der Waals surface area (Å²) in [6, 6.07) is 1.71. The summed E-state index contributed by atoms with van der Waals surface area (Å²) in [5.74, 6) is 0.365. The highest BCUT2D eigenvalue weighted by Crippen LogP contribution is 2.34. The molecule has 0 radical (unpaired) electrons. The minimum atomic E-state index is -3.34. The topological polar surface area (TPSA) is 59.5 Å². The second-order valence-electron chi connectivity index (χ2n) is 3.99. The Balaban J connectivity index is 2.52. The van der Waals surface area contributed by atoms with Crippen LogP contribution in [0.2, 0.25) is 0 Å². The fraction of sp³-hybridized carbons (Fsp3) is 0.500. The molecule has 1 aromatic heterocycles. The first kappa shape index (κ1) is 12.6. The summed E-state index contributed by atoms with van der Waals surface area (Å²) < 4.78 is 31.8. The first-order valence-electron chi connectivity index (χ1n) is 5.23. The summed E-state index contributed by atoms with van der Waals surface area (Å²) in [5, 5.41) is -0.465. The van der Waals surface area contributed by atoms with Crippen LogP contribution < -0.4 is 9.04 Å². The molecule has 0 aromatic carbocycles. The third kappa shape index (κ3) is 2.26. The second kappa shape index (κ2) is 4.45. The van der Waals surface area contributed by atoms with Gasteiger partial charge in [0.2, 0.25) is 15.9 Å². The Morgan fingerprint density at radius 1 is 1.53 bits per heavy atom. The van der Waals surface area contributed by atoms with Crippen molar-refractivity contribution < 1.29 is 13.2 Å². The molecule has 0 N–H and O–H groups in total. The summed E-state index contributed by atoms with van der Waals surface area (Å²) in [6.45, 7) is 3.98. The SMILES string of the molecule is CC(C)S(=O)(=O)N1CCOc2ncc(Br)cc21. The van der Waals surface area contributed by atoms with Gasteiger partial charge in [-0.2, -0.15) is 0 Å². The van der Waals surface area contributed by atoms with E-state index >= 15 is 0 Å². The molecule has 2 rings (SSSR count). The lowest BCUT2D eigenvalue weighted by atomic mass is 10.3. The van der Waals surface area contributed by atoms with E-state index in [4.69, 9.17) is 4.74 Å². The summed E-state index contributed by atoms with van der Waals surface area (Å²) in [5.41, 5.74) is 0.499. The van der Waals surface area contributed by atoms with Crippen LogP contribution in [0, 0.1) is 0 Å². The van der Waals surface area contributed by atoms with Crippen molar-refractivity contribution in [2.45, 2.75) is 19.1 Å². The molecule has 0 fully saturated rings. The standard InChI is InChI=1S/C10H13BrN2O3S/c1-7(2)17(14,15)13-3-4-16-10-9(13)5-8(11)6-12-10/h5-7H,3-4H2,1-2H3. The first-order chi connectivity index (χ1) is 7.93. The van der Waals surface area contributed by atoms with Crippen LogP contribution in [0.15, 0.2) is 16.7 Å². The summed E-state index contributed by atoms with van der Waals surface area (Å²) >= 11 is 3.28. The van der Waals surface area contributed by atoms with Gasteiger partial charge in [-0.25, -0.2) is 13.4 Å². The van der Waals surface area contributed by atoms with Crippen LogP contribution in [0.3, 0.4) is 0 Å². The molecule has 0 amide bonds. The van der Waals surface area contributed by atoms with E-state index in [0.717, 1.165) is 4.47 Å². The fourth-order valence-electron chi connectivity index (χ4n) is 1.57. The van der Waals surface area contributed by atoms with Crippen molar-refractivity contribution in [2.75, 3.05) is 17.5 Å². The van der Waals surface area contributed by atoms with Gasteiger partial charge in [0, 0.05) is 10.7 Å². The Bertz CT molecular complexity index is 530. The highest BCUT2D eigenvalue weighted by Gasteiger charge is 2.31. The largest absolute Gasteiger partial charge is 0.474 e. The quantitative estimate of drug-likeness (QED) is 0.833. The van der Waals surface area contributed by atoms with Gasteiger partial charge in [0.15, 0.2) is 0 Å². The summed E-state index contributed by atoms with van der Waals surface area (Å²) in [7, 11) is -3.34. The van der Waals surface area contributed by atoms with Gasteiger partial charge in [0.25, 0.3) is 0 Å². The highest BCUT2D eigenvalue weighted by molar-refractivity contribution is 9.10.